The molecule has 2 N–H and O–H groups in total. The van der Waals surface area contributed by atoms with Crippen LogP contribution in [0.3, 0.4) is 0 Å². The molecule has 1 heterocycles. The third-order valence-electron chi connectivity index (χ3n) is 3.50. The van der Waals surface area contributed by atoms with Gasteiger partial charge in [-0.3, -0.25) is 14.4 Å². The Balaban J connectivity index is 2.13. The highest BCUT2D eigenvalue weighted by molar-refractivity contribution is 6.00. The van der Waals surface area contributed by atoms with Gasteiger partial charge in [0.25, 0.3) is 5.91 Å². The van der Waals surface area contributed by atoms with E-state index in [0.29, 0.717) is 5.56 Å². The van der Waals surface area contributed by atoms with Gasteiger partial charge < -0.3 is 15.4 Å². The van der Waals surface area contributed by atoms with Crippen LogP contribution in [0.5, 0.6) is 0 Å². The number of hydrogen-bond acceptors (Lipinski definition) is 4. The molecule has 24 heavy (non-hydrogen) atoms. The predicted molar refractivity (Wildman–Crippen MR) is 85.8 cm³/mol. The van der Waals surface area contributed by atoms with Crippen LogP contribution in [0.15, 0.2) is 18.2 Å². The Morgan fingerprint density at radius 1 is 1.38 bits per heavy atom. The number of carbonyl (C=O) groups is 3. The number of anilines is 1. The summed E-state index contributed by atoms with van der Waals surface area (Å²) in [5, 5.41) is 5.24. The summed E-state index contributed by atoms with van der Waals surface area (Å²) >= 11 is 0. The summed E-state index contributed by atoms with van der Waals surface area (Å²) in [5.41, 5.74) is 0.275. The Hall–Kier alpha value is -2.44. The minimum Gasteiger partial charge on any atom is -0.452 e. The van der Waals surface area contributed by atoms with E-state index in [9.17, 15) is 18.8 Å². The molecule has 1 aliphatic rings. The highest BCUT2D eigenvalue weighted by atomic mass is 19.1. The SMILES string of the molecule is C[C@H](OC(=O)[C@H]1CC(=O)Nc2cc(F)ccc21)C(=O)NC(C)(C)C. The van der Waals surface area contributed by atoms with E-state index >= 15 is 0 Å². The third-order valence-corrected chi connectivity index (χ3v) is 3.50. The van der Waals surface area contributed by atoms with Crippen LogP contribution in [-0.4, -0.2) is 29.4 Å². The average molecular weight is 336 g/mol. The lowest BCUT2D eigenvalue weighted by Crippen LogP contribution is -2.46. The minimum atomic E-state index is -0.995. The maximum Gasteiger partial charge on any atom is 0.314 e. The molecular formula is C17H21FN2O4. The highest BCUT2D eigenvalue weighted by Crippen LogP contribution is 2.33. The van der Waals surface area contributed by atoms with Gasteiger partial charge in [0.2, 0.25) is 5.91 Å². The average Bonchev–Trinajstić information content (AvgIpc) is 2.43. The van der Waals surface area contributed by atoms with Crippen LogP contribution in [0, 0.1) is 5.82 Å². The molecule has 0 spiro atoms. The molecule has 1 aromatic carbocycles. The first-order valence-electron chi connectivity index (χ1n) is 7.68. The van der Waals surface area contributed by atoms with Crippen molar-refractivity contribution in [1.82, 2.24) is 5.32 Å². The summed E-state index contributed by atoms with van der Waals surface area (Å²) in [6.45, 7) is 6.91. The molecule has 0 aliphatic carbocycles. The van der Waals surface area contributed by atoms with Crippen molar-refractivity contribution in [2.24, 2.45) is 0 Å². The topological polar surface area (TPSA) is 84.5 Å². The molecule has 0 fully saturated rings. The van der Waals surface area contributed by atoms with Gasteiger partial charge in [-0.15, -0.1) is 0 Å². The van der Waals surface area contributed by atoms with Gasteiger partial charge in [-0.25, -0.2) is 4.39 Å². The number of rotatable bonds is 3. The Kier molecular flexibility index (Phi) is 4.91. The molecular weight excluding hydrogens is 315 g/mol. The summed E-state index contributed by atoms with van der Waals surface area (Å²) in [5.74, 6) is -2.88. The van der Waals surface area contributed by atoms with E-state index in [4.69, 9.17) is 4.74 Å². The van der Waals surface area contributed by atoms with Gasteiger partial charge in [0.15, 0.2) is 6.10 Å². The second-order valence-corrected chi connectivity index (χ2v) is 6.85. The maximum atomic E-state index is 13.3. The number of carbonyl (C=O) groups excluding carboxylic acids is 3. The van der Waals surface area contributed by atoms with Crippen LogP contribution in [-0.2, 0) is 19.1 Å². The lowest BCUT2D eigenvalue weighted by molar-refractivity contribution is -0.157. The van der Waals surface area contributed by atoms with Crippen molar-refractivity contribution in [3.05, 3.63) is 29.6 Å². The minimum absolute atomic E-state index is 0.106. The van der Waals surface area contributed by atoms with Crippen LogP contribution in [0.4, 0.5) is 10.1 Å². The molecule has 0 saturated carbocycles. The van der Waals surface area contributed by atoms with E-state index in [0.717, 1.165) is 6.07 Å². The zero-order valence-corrected chi connectivity index (χ0v) is 14.1. The smallest absolute Gasteiger partial charge is 0.314 e. The van der Waals surface area contributed by atoms with Gasteiger partial charge in [0.05, 0.1) is 5.92 Å². The maximum absolute atomic E-state index is 13.3. The number of halogens is 1. The Labute approximate surface area is 139 Å². The lowest BCUT2D eigenvalue weighted by Gasteiger charge is -2.27. The van der Waals surface area contributed by atoms with Gasteiger partial charge in [0, 0.05) is 17.6 Å². The molecule has 1 aliphatic heterocycles. The molecule has 0 radical (unpaired) electrons. The van der Waals surface area contributed by atoms with Crippen molar-refractivity contribution in [3.8, 4) is 0 Å². The summed E-state index contributed by atoms with van der Waals surface area (Å²) in [6, 6.07) is 3.81. The predicted octanol–water partition coefficient (Wildman–Crippen LogP) is 2.10. The van der Waals surface area contributed by atoms with E-state index in [1.165, 1.54) is 19.1 Å². The molecule has 2 rings (SSSR count). The molecule has 0 saturated heterocycles. The van der Waals surface area contributed by atoms with Crippen molar-refractivity contribution < 1.29 is 23.5 Å². The fourth-order valence-electron chi connectivity index (χ4n) is 2.43. The van der Waals surface area contributed by atoms with Crippen molar-refractivity contribution in [2.75, 3.05) is 5.32 Å². The molecule has 0 unspecified atom stereocenters. The highest BCUT2D eigenvalue weighted by Gasteiger charge is 2.34. The first-order chi connectivity index (χ1) is 11.1. The Morgan fingerprint density at radius 2 is 2.04 bits per heavy atom. The second-order valence-electron chi connectivity index (χ2n) is 6.85. The number of amides is 2. The standard InChI is InChI=1S/C17H21FN2O4/c1-9(15(22)20-17(2,3)4)24-16(23)12-8-14(21)19-13-7-10(18)5-6-11(12)13/h5-7,9,12H,8H2,1-4H3,(H,19,21)(H,20,22)/t9-,12-/m0/s1. The number of ether oxygens (including phenoxy) is 1. The van der Waals surface area contributed by atoms with Gasteiger partial charge in [-0.05, 0) is 45.4 Å². The first kappa shape index (κ1) is 17.9. The monoisotopic (exact) mass is 336 g/mol. The molecule has 1 aromatic rings. The van der Waals surface area contributed by atoms with Gasteiger partial charge in [0.1, 0.15) is 5.82 Å². The molecule has 2 amide bonds. The summed E-state index contributed by atoms with van der Waals surface area (Å²) in [7, 11) is 0. The molecule has 130 valence electrons. The van der Waals surface area contributed by atoms with Crippen molar-refractivity contribution in [2.45, 2.75) is 51.7 Å². The zero-order valence-electron chi connectivity index (χ0n) is 14.1. The van der Waals surface area contributed by atoms with E-state index in [2.05, 4.69) is 10.6 Å². The van der Waals surface area contributed by atoms with E-state index in [-0.39, 0.29) is 12.1 Å². The molecule has 6 nitrogen and oxygen atoms in total. The first-order valence-corrected chi connectivity index (χ1v) is 7.68. The largest absolute Gasteiger partial charge is 0.452 e. The van der Waals surface area contributed by atoms with Gasteiger partial charge in [-0.2, -0.15) is 0 Å². The number of benzene rings is 1. The Morgan fingerprint density at radius 3 is 2.67 bits per heavy atom. The van der Waals surface area contributed by atoms with Crippen molar-refractivity contribution in [3.63, 3.8) is 0 Å². The second kappa shape index (κ2) is 6.59. The van der Waals surface area contributed by atoms with Crippen molar-refractivity contribution in [1.29, 1.82) is 0 Å². The third kappa shape index (κ3) is 4.31. The number of esters is 1. The van der Waals surface area contributed by atoms with E-state index in [1.54, 1.807) is 0 Å². The van der Waals surface area contributed by atoms with Gasteiger partial charge in [-0.1, -0.05) is 6.07 Å². The number of fused-ring (bicyclic) bond motifs is 1. The summed E-state index contributed by atoms with van der Waals surface area (Å²) < 4.78 is 18.5. The van der Waals surface area contributed by atoms with Crippen molar-refractivity contribution >= 4 is 23.5 Å². The van der Waals surface area contributed by atoms with Crippen LogP contribution >= 0.6 is 0 Å². The normalized spacial score (nSPS) is 18.2. The van der Waals surface area contributed by atoms with Crippen LogP contribution in [0.2, 0.25) is 0 Å². The summed E-state index contributed by atoms with van der Waals surface area (Å²) in [6.07, 6.45) is -1.10. The van der Waals surface area contributed by atoms with E-state index < -0.39 is 41.2 Å². The zero-order chi connectivity index (χ0) is 18.1. The van der Waals surface area contributed by atoms with Crippen LogP contribution in [0.1, 0.15) is 45.6 Å². The molecule has 2 atom stereocenters. The molecule has 7 heteroatoms. The van der Waals surface area contributed by atoms with Crippen LogP contribution < -0.4 is 10.6 Å². The quantitative estimate of drug-likeness (QED) is 0.828. The molecule has 0 aromatic heterocycles. The fraction of sp³-hybridized carbons (Fsp3) is 0.471. The number of hydrogen-bond donors (Lipinski definition) is 2. The lowest BCUT2D eigenvalue weighted by atomic mass is 9.90. The summed E-state index contributed by atoms with van der Waals surface area (Å²) in [4.78, 5) is 36.1. The van der Waals surface area contributed by atoms with E-state index in [1.807, 2.05) is 20.8 Å². The van der Waals surface area contributed by atoms with Gasteiger partial charge >= 0.3 is 5.97 Å². The Bertz CT molecular complexity index is 682. The fourth-order valence-corrected chi connectivity index (χ4v) is 2.43. The van der Waals surface area contributed by atoms with Crippen LogP contribution in [0.25, 0.3) is 0 Å². The number of nitrogens with one attached hydrogen (secondary N) is 2. The molecule has 0 bridgehead atoms.